The van der Waals surface area contributed by atoms with Crippen molar-refractivity contribution < 1.29 is 19.1 Å². The largest absolute Gasteiger partial charge is 0.454 e. The quantitative estimate of drug-likeness (QED) is 0.598. The first kappa shape index (κ1) is 23.4. The van der Waals surface area contributed by atoms with Crippen molar-refractivity contribution in [1.29, 1.82) is 0 Å². The molecule has 2 aromatic rings. The third-order valence-corrected chi connectivity index (χ3v) is 4.77. The van der Waals surface area contributed by atoms with Crippen LogP contribution in [0.2, 0.25) is 5.02 Å². The number of nitrogens with one attached hydrogen (secondary N) is 2. The van der Waals surface area contributed by atoms with E-state index >= 15 is 0 Å². The smallest absolute Gasteiger partial charge is 0.329 e. The molecule has 160 valence electrons. The van der Waals surface area contributed by atoms with Crippen LogP contribution in [0.5, 0.6) is 0 Å². The van der Waals surface area contributed by atoms with Gasteiger partial charge >= 0.3 is 5.97 Å². The number of aryl methyl sites for hydroxylation is 1. The first-order valence-corrected chi connectivity index (χ1v) is 10.2. The summed E-state index contributed by atoms with van der Waals surface area (Å²) in [7, 11) is 0. The highest BCUT2D eigenvalue weighted by atomic mass is 35.5. The SMILES string of the molecule is Cc1ccc(C(=O)NC(C(=O)OCC(=O)NCCc2ccc(Cl)cc2)C(C)C)cc1. The van der Waals surface area contributed by atoms with Gasteiger partial charge in [-0.15, -0.1) is 0 Å². The summed E-state index contributed by atoms with van der Waals surface area (Å²) in [5.41, 5.74) is 2.53. The van der Waals surface area contributed by atoms with Crippen molar-refractivity contribution in [2.45, 2.75) is 33.2 Å². The van der Waals surface area contributed by atoms with Gasteiger partial charge in [-0.2, -0.15) is 0 Å². The fourth-order valence-electron chi connectivity index (χ4n) is 2.70. The number of esters is 1. The molecule has 2 aromatic carbocycles. The molecule has 0 radical (unpaired) electrons. The zero-order valence-electron chi connectivity index (χ0n) is 17.4. The van der Waals surface area contributed by atoms with Crippen LogP contribution in [0.3, 0.4) is 0 Å². The molecule has 0 aliphatic rings. The molecule has 0 saturated carbocycles. The van der Waals surface area contributed by atoms with Crippen LogP contribution in [-0.4, -0.2) is 37.0 Å². The summed E-state index contributed by atoms with van der Waals surface area (Å²) >= 11 is 5.84. The molecule has 30 heavy (non-hydrogen) atoms. The lowest BCUT2D eigenvalue weighted by Gasteiger charge is -2.20. The second-order valence-corrected chi connectivity index (χ2v) is 7.83. The topological polar surface area (TPSA) is 84.5 Å². The Kier molecular flexibility index (Phi) is 8.87. The molecule has 2 amide bonds. The fraction of sp³-hybridized carbons (Fsp3) is 0.348. The first-order valence-electron chi connectivity index (χ1n) is 9.81. The van der Waals surface area contributed by atoms with E-state index in [2.05, 4.69) is 10.6 Å². The molecule has 0 saturated heterocycles. The Hall–Kier alpha value is -2.86. The predicted molar refractivity (Wildman–Crippen MR) is 116 cm³/mol. The number of halogens is 1. The molecule has 2 N–H and O–H groups in total. The summed E-state index contributed by atoms with van der Waals surface area (Å²) in [4.78, 5) is 36.8. The predicted octanol–water partition coefficient (Wildman–Crippen LogP) is 3.30. The van der Waals surface area contributed by atoms with Gasteiger partial charge in [0.1, 0.15) is 6.04 Å². The summed E-state index contributed by atoms with van der Waals surface area (Å²) in [5, 5.41) is 6.05. The number of ether oxygens (including phenoxy) is 1. The van der Waals surface area contributed by atoms with Crippen LogP contribution >= 0.6 is 11.6 Å². The molecule has 7 heteroatoms. The van der Waals surface area contributed by atoms with E-state index < -0.39 is 24.5 Å². The van der Waals surface area contributed by atoms with Gasteiger partial charge in [0.25, 0.3) is 11.8 Å². The second kappa shape index (κ2) is 11.4. The minimum Gasteiger partial charge on any atom is -0.454 e. The van der Waals surface area contributed by atoms with Gasteiger partial charge < -0.3 is 15.4 Å². The monoisotopic (exact) mass is 430 g/mol. The Morgan fingerprint density at radius 1 is 1.00 bits per heavy atom. The first-order chi connectivity index (χ1) is 14.3. The highest BCUT2D eigenvalue weighted by molar-refractivity contribution is 6.30. The zero-order valence-corrected chi connectivity index (χ0v) is 18.2. The van der Waals surface area contributed by atoms with Crippen LogP contribution in [-0.2, 0) is 20.7 Å². The van der Waals surface area contributed by atoms with Gasteiger partial charge in [-0.05, 0) is 49.1 Å². The summed E-state index contributed by atoms with van der Waals surface area (Å²) in [5.74, 6) is -1.60. The van der Waals surface area contributed by atoms with Gasteiger partial charge in [0.2, 0.25) is 0 Å². The highest BCUT2D eigenvalue weighted by Crippen LogP contribution is 2.10. The number of rotatable bonds is 9. The Morgan fingerprint density at radius 3 is 2.23 bits per heavy atom. The lowest BCUT2D eigenvalue weighted by atomic mass is 10.0. The Morgan fingerprint density at radius 2 is 1.63 bits per heavy atom. The molecule has 0 spiro atoms. The molecular weight excluding hydrogens is 404 g/mol. The van der Waals surface area contributed by atoms with E-state index in [1.807, 2.05) is 31.2 Å². The fourth-order valence-corrected chi connectivity index (χ4v) is 2.83. The van der Waals surface area contributed by atoms with Gasteiger partial charge in [-0.3, -0.25) is 9.59 Å². The maximum atomic E-state index is 12.4. The number of benzene rings is 2. The van der Waals surface area contributed by atoms with E-state index in [0.717, 1.165) is 11.1 Å². The molecule has 2 rings (SSSR count). The molecule has 0 fully saturated rings. The van der Waals surface area contributed by atoms with Crippen molar-refractivity contribution >= 4 is 29.4 Å². The average Bonchev–Trinajstić information content (AvgIpc) is 2.71. The molecule has 0 aromatic heterocycles. The molecule has 6 nitrogen and oxygen atoms in total. The van der Waals surface area contributed by atoms with E-state index in [1.165, 1.54) is 0 Å². The number of carbonyl (C=O) groups is 3. The van der Waals surface area contributed by atoms with Gasteiger partial charge in [0, 0.05) is 17.1 Å². The van der Waals surface area contributed by atoms with Crippen molar-refractivity contribution in [2.24, 2.45) is 5.92 Å². The third kappa shape index (κ3) is 7.52. The van der Waals surface area contributed by atoms with E-state index in [9.17, 15) is 14.4 Å². The van der Waals surface area contributed by atoms with Gasteiger partial charge in [-0.25, -0.2) is 4.79 Å². The summed E-state index contributed by atoms with van der Waals surface area (Å²) in [6.07, 6.45) is 0.637. The molecular formula is C23H27ClN2O4. The lowest BCUT2D eigenvalue weighted by Crippen LogP contribution is -2.46. The average molecular weight is 431 g/mol. The minimum atomic E-state index is -0.847. The lowest BCUT2D eigenvalue weighted by molar-refractivity contribution is -0.151. The minimum absolute atomic E-state index is 0.195. The van der Waals surface area contributed by atoms with E-state index in [0.29, 0.717) is 23.6 Å². The molecule has 0 aliphatic heterocycles. The van der Waals surface area contributed by atoms with Crippen LogP contribution in [0, 0.1) is 12.8 Å². The van der Waals surface area contributed by atoms with Crippen LogP contribution < -0.4 is 10.6 Å². The third-order valence-electron chi connectivity index (χ3n) is 4.52. The zero-order chi connectivity index (χ0) is 22.1. The molecule has 0 aliphatic carbocycles. The number of hydrogen-bond acceptors (Lipinski definition) is 4. The van der Waals surface area contributed by atoms with Crippen molar-refractivity contribution in [3.05, 3.63) is 70.2 Å². The molecule has 1 atom stereocenters. The standard InChI is InChI=1S/C23H27ClN2O4/c1-15(2)21(26-22(28)18-8-4-16(3)5-9-18)23(29)30-14-20(27)25-13-12-17-6-10-19(24)11-7-17/h4-11,15,21H,12-14H2,1-3H3,(H,25,27)(H,26,28). The molecule has 1 unspecified atom stereocenters. The maximum absolute atomic E-state index is 12.4. The van der Waals surface area contributed by atoms with E-state index in [-0.39, 0.29) is 11.8 Å². The summed E-state index contributed by atoms with van der Waals surface area (Å²) in [6.45, 7) is 5.54. The maximum Gasteiger partial charge on any atom is 0.329 e. The highest BCUT2D eigenvalue weighted by Gasteiger charge is 2.26. The molecule has 0 heterocycles. The van der Waals surface area contributed by atoms with Gasteiger partial charge in [-0.1, -0.05) is 55.3 Å². The van der Waals surface area contributed by atoms with Crippen LogP contribution in [0.15, 0.2) is 48.5 Å². The summed E-state index contributed by atoms with van der Waals surface area (Å²) in [6, 6.07) is 13.5. The van der Waals surface area contributed by atoms with Crippen LogP contribution in [0.1, 0.15) is 35.3 Å². The van der Waals surface area contributed by atoms with Crippen LogP contribution in [0.4, 0.5) is 0 Å². The van der Waals surface area contributed by atoms with E-state index in [1.54, 1.807) is 38.1 Å². The normalized spacial score (nSPS) is 11.6. The Balaban J connectivity index is 1.79. The van der Waals surface area contributed by atoms with Crippen molar-refractivity contribution in [2.75, 3.05) is 13.2 Å². The number of hydrogen-bond donors (Lipinski definition) is 2. The van der Waals surface area contributed by atoms with Gasteiger partial charge in [0.05, 0.1) is 0 Å². The van der Waals surface area contributed by atoms with Crippen LogP contribution in [0.25, 0.3) is 0 Å². The number of amides is 2. The number of carbonyl (C=O) groups excluding carboxylic acids is 3. The second-order valence-electron chi connectivity index (χ2n) is 7.40. The van der Waals surface area contributed by atoms with Crippen molar-refractivity contribution in [3.8, 4) is 0 Å². The van der Waals surface area contributed by atoms with E-state index in [4.69, 9.17) is 16.3 Å². The van der Waals surface area contributed by atoms with Gasteiger partial charge in [0.15, 0.2) is 6.61 Å². The summed E-state index contributed by atoms with van der Waals surface area (Å²) < 4.78 is 5.12. The molecule has 0 bridgehead atoms. The van der Waals surface area contributed by atoms with Crippen molar-refractivity contribution in [1.82, 2.24) is 10.6 Å². The van der Waals surface area contributed by atoms with Crippen molar-refractivity contribution in [3.63, 3.8) is 0 Å². The Bertz CT molecular complexity index is 864. The Labute approximate surface area is 182 Å².